The van der Waals surface area contributed by atoms with Gasteiger partial charge in [-0.3, -0.25) is 0 Å². The molecule has 0 aromatic carbocycles. The van der Waals surface area contributed by atoms with Gasteiger partial charge < -0.3 is 0 Å². The number of aryl methyl sites for hydroxylation is 1. The first-order chi connectivity index (χ1) is 8.28. The highest BCUT2D eigenvalue weighted by molar-refractivity contribution is 6.29. The molecule has 3 nitrogen and oxygen atoms in total. The van der Waals surface area contributed by atoms with E-state index in [4.69, 9.17) is 11.6 Å². The van der Waals surface area contributed by atoms with Crippen molar-refractivity contribution in [2.45, 2.75) is 44.9 Å². The summed E-state index contributed by atoms with van der Waals surface area (Å²) in [6.45, 7) is 2.12. The van der Waals surface area contributed by atoms with Gasteiger partial charge in [0.1, 0.15) is 5.15 Å². The molecule has 0 bridgehead atoms. The molecule has 1 fully saturated rings. The highest BCUT2D eigenvalue weighted by Crippen LogP contribution is 2.32. The van der Waals surface area contributed by atoms with Crippen LogP contribution in [0.15, 0.2) is 12.1 Å². The molecule has 1 aliphatic carbocycles. The molecule has 1 saturated carbocycles. The van der Waals surface area contributed by atoms with Crippen LogP contribution in [-0.2, 0) is 6.42 Å². The molecule has 17 heavy (non-hydrogen) atoms. The van der Waals surface area contributed by atoms with Crippen molar-refractivity contribution < 1.29 is 0 Å². The van der Waals surface area contributed by atoms with E-state index in [0.29, 0.717) is 11.1 Å². The quantitative estimate of drug-likeness (QED) is 0.762. The Hall–Kier alpha value is -1.09. The van der Waals surface area contributed by atoms with E-state index in [1.54, 1.807) is 4.52 Å². The zero-order valence-corrected chi connectivity index (χ0v) is 10.7. The summed E-state index contributed by atoms with van der Waals surface area (Å²) >= 11 is 6.22. The SMILES string of the molecule is CCc1cc(Cl)n2nc(C3CCCC3)nc2c1. The first-order valence-electron chi connectivity index (χ1n) is 6.33. The Morgan fingerprint density at radius 1 is 1.35 bits per heavy atom. The zero-order chi connectivity index (χ0) is 11.8. The maximum absolute atomic E-state index is 6.22. The molecular formula is C13H16ClN3. The van der Waals surface area contributed by atoms with Crippen LogP contribution in [0.3, 0.4) is 0 Å². The van der Waals surface area contributed by atoms with E-state index < -0.39 is 0 Å². The predicted molar refractivity (Wildman–Crippen MR) is 68.6 cm³/mol. The third-order valence-electron chi connectivity index (χ3n) is 3.60. The summed E-state index contributed by atoms with van der Waals surface area (Å²) in [6.07, 6.45) is 6.01. The summed E-state index contributed by atoms with van der Waals surface area (Å²) in [4.78, 5) is 4.63. The minimum Gasteiger partial charge on any atom is -0.212 e. The summed E-state index contributed by atoms with van der Waals surface area (Å²) in [7, 11) is 0. The van der Waals surface area contributed by atoms with Gasteiger partial charge in [0.05, 0.1) is 0 Å². The molecule has 2 aromatic rings. The van der Waals surface area contributed by atoms with Crippen molar-refractivity contribution >= 4 is 17.2 Å². The van der Waals surface area contributed by atoms with Gasteiger partial charge in [-0.05, 0) is 37.0 Å². The molecule has 90 valence electrons. The lowest BCUT2D eigenvalue weighted by Gasteiger charge is -2.00. The smallest absolute Gasteiger partial charge is 0.157 e. The molecule has 2 heterocycles. The lowest BCUT2D eigenvalue weighted by Crippen LogP contribution is -1.96. The van der Waals surface area contributed by atoms with Gasteiger partial charge in [0.25, 0.3) is 0 Å². The third kappa shape index (κ3) is 1.93. The van der Waals surface area contributed by atoms with Crippen LogP contribution in [0.4, 0.5) is 0 Å². The Labute approximate surface area is 106 Å². The van der Waals surface area contributed by atoms with Gasteiger partial charge in [-0.15, -0.1) is 5.10 Å². The average molecular weight is 250 g/mol. The van der Waals surface area contributed by atoms with Crippen LogP contribution in [-0.4, -0.2) is 14.6 Å². The number of hydrogen-bond donors (Lipinski definition) is 0. The molecule has 0 radical (unpaired) electrons. The van der Waals surface area contributed by atoms with Crippen molar-refractivity contribution in [2.75, 3.05) is 0 Å². The van der Waals surface area contributed by atoms with Crippen LogP contribution in [0.25, 0.3) is 5.65 Å². The van der Waals surface area contributed by atoms with Crippen LogP contribution in [0, 0.1) is 0 Å². The molecule has 0 atom stereocenters. The highest BCUT2D eigenvalue weighted by atomic mass is 35.5. The maximum atomic E-state index is 6.22. The normalized spacial score (nSPS) is 17.1. The largest absolute Gasteiger partial charge is 0.212 e. The average Bonchev–Trinajstić information content (AvgIpc) is 2.96. The van der Waals surface area contributed by atoms with Gasteiger partial charge in [-0.2, -0.15) is 0 Å². The fourth-order valence-electron chi connectivity index (χ4n) is 2.57. The van der Waals surface area contributed by atoms with Gasteiger partial charge >= 0.3 is 0 Å². The first-order valence-corrected chi connectivity index (χ1v) is 6.71. The maximum Gasteiger partial charge on any atom is 0.157 e. The van der Waals surface area contributed by atoms with Crippen molar-refractivity contribution in [1.29, 1.82) is 0 Å². The molecule has 0 spiro atoms. The minimum atomic E-state index is 0.538. The number of aromatic nitrogens is 3. The molecule has 0 unspecified atom stereocenters. The zero-order valence-electron chi connectivity index (χ0n) is 9.99. The standard InChI is InChI=1S/C13H16ClN3/c1-2-9-7-11(14)17-12(8-9)15-13(16-17)10-5-3-4-6-10/h7-8,10H,2-6H2,1H3. The monoisotopic (exact) mass is 249 g/mol. The van der Waals surface area contributed by atoms with Gasteiger partial charge in [-0.25, -0.2) is 9.50 Å². The lowest BCUT2D eigenvalue weighted by molar-refractivity contribution is 0.666. The van der Waals surface area contributed by atoms with Crippen molar-refractivity contribution in [3.8, 4) is 0 Å². The van der Waals surface area contributed by atoms with E-state index in [-0.39, 0.29) is 0 Å². The predicted octanol–water partition coefficient (Wildman–Crippen LogP) is 3.60. The van der Waals surface area contributed by atoms with Crippen LogP contribution < -0.4 is 0 Å². The van der Waals surface area contributed by atoms with Crippen LogP contribution >= 0.6 is 11.6 Å². The van der Waals surface area contributed by atoms with Gasteiger partial charge in [0, 0.05) is 5.92 Å². The Bertz CT molecular complexity index is 541. The number of halogens is 1. The number of fused-ring (bicyclic) bond motifs is 1. The number of pyridine rings is 1. The fraction of sp³-hybridized carbons (Fsp3) is 0.538. The molecule has 0 aliphatic heterocycles. The summed E-state index contributed by atoms with van der Waals surface area (Å²) in [5.41, 5.74) is 2.10. The van der Waals surface area contributed by atoms with Gasteiger partial charge in [0.15, 0.2) is 11.5 Å². The van der Waals surface area contributed by atoms with E-state index in [1.807, 2.05) is 6.07 Å². The van der Waals surface area contributed by atoms with Crippen LogP contribution in [0.1, 0.15) is 49.9 Å². The molecule has 0 saturated heterocycles. The van der Waals surface area contributed by atoms with Gasteiger partial charge in [-0.1, -0.05) is 31.4 Å². The van der Waals surface area contributed by atoms with E-state index >= 15 is 0 Å². The van der Waals surface area contributed by atoms with Crippen LogP contribution in [0.2, 0.25) is 5.15 Å². The molecule has 4 heteroatoms. The summed E-state index contributed by atoms with van der Waals surface area (Å²) in [6, 6.07) is 4.05. The molecule has 2 aromatic heterocycles. The first kappa shape index (κ1) is 11.0. The summed E-state index contributed by atoms with van der Waals surface area (Å²) in [5.74, 6) is 1.51. The van der Waals surface area contributed by atoms with Crippen LogP contribution in [0.5, 0.6) is 0 Å². The minimum absolute atomic E-state index is 0.538. The molecular weight excluding hydrogens is 234 g/mol. The molecule has 1 aliphatic rings. The second-order valence-corrected chi connectivity index (χ2v) is 5.15. The Morgan fingerprint density at radius 3 is 2.82 bits per heavy atom. The summed E-state index contributed by atoms with van der Waals surface area (Å²) in [5, 5.41) is 5.21. The Kier molecular flexibility index (Phi) is 2.79. The van der Waals surface area contributed by atoms with E-state index in [0.717, 1.165) is 17.9 Å². The molecule has 0 amide bonds. The topological polar surface area (TPSA) is 30.2 Å². The van der Waals surface area contributed by atoms with E-state index in [2.05, 4.69) is 23.1 Å². The van der Waals surface area contributed by atoms with Crippen molar-refractivity contribution in [2.24, 2.45) is 0 Å². The van der Waals surface area contributed by atoms with E-state index in [1.165, 1.54) is 31.2 Å². The number of hydrogen-bond acceptors (Lipinski definition) is 2. The fourth-order valence-corrected chi connectivity index (χ4v) is 2.84. The third-order valence-corrected chi connectivity index (χ3v) is 3.87. The van der Waals surface area contributed by atoms with Gasteiger partial charge in [0.2, 0.25) is 0 Å². The number of nitrogens with zero attached hydrogens (tertiary/aromatic N) is 3. The molecule has 3 rings (SSSR count). The van der Waals surface area contributed by atoms with Crippen molar-refractivity contribution in [3.63, 3.8) is 0 Å². The second kappa shape index (κ2) is 4.30. The summed E-state index contributed by atoms with van der Waals surface area (Å²) < 4.78 is 1.76. The van der Waals surface area contributed by atoms with Crippen molar-refractivity contribution in [3.05, 3.63) is 28.7 Å². The lowest BCUT2D eigenvalue weighted by atomic mass is 10.1. The highest BCUT2D eigenvalue weighted by Gasteiger charge is 2.21. The van der Waals surface area contributed by atoms with E-state index in [9.17, 15) is 0 Å². The second-order valence-electron chi connectivity index (χ2n) is 4.76. The molecule has 0 N–H and O–H groups in total. The number of rotatable bonds is 2. The van der Waals surface area contributed by atoms with Crippen molar-refractivity contribution in [1.82, 2.24) is 14.6 Å². The Balaban J connectivity index is 2.08. The Morgan fingerprint density at radius 2 is 2.12 bits per heavy atom.